The third-order valence-corrected chi connectivity index (χ3v) is 12.2. The second kappa shape index (κ2) is 13.4. The average Bonchev–Trinajstić information content (AvgIpc) is 3.54. The Kier molecular flexibility index (Phi) is 7.86. The Morgan fingerprint density at radius 2 is 0.881 bits per heavy atom. The van der Waals surface area contributed by atoms with Gasteiger partial charge in [0.25, 0.3) is 0 Å². The predicted molar refractivity (Wildman–Crippen MR) is 242 cm³/mol. The first-order valence-corrected chi connectivity index (χ1v) is 20.0. The maximum Gasteiger partial charge on any atom is 0.164 e. The number of nitrogens with zero attached hydrogens (tertiary/aromatic N) is 4. The normalized spacial score (nSPS) is 12.7. The molecule has 10 aromatic rings. The Morgan fingerprint density at radius 3 is 1.58 bits per heavy atom. The van der Waals surface area contributed by atoms with Crippen LogP contribution in [0.2, 0.25) is 0 Å². The summed E-state index contributed by atoms with van der Waals surface area (Å²) in [5.41, 5.74) is 12.9. The summed E-state index contributed by atoms with van der Waals surface area (Å²) in [7, 11) is 0. The highest BCUT2D eigenvalue weighted by Crippen LogP contribution is 2.50. The van der Waals surface area contributed by atoms with Crippen LogP contribution in [0.15, 0.2) is 182 Å². The fourth-order valence-corrected chi connectivity index (χ4v) is 9.15. The molecule has 0 spiro atoms. The van der Waals surface area contributed by atoms with Gasteiger partial charge in [-0.1, -0.05) is 166 Å². The first kappa shape index (κ1) is 34.5. The van der Waals surface area contributed by atoms with Gasteiger partial charge < -0.3 is 0 Å². The Bertz CT molecular complexity index is 3340. The molecule has 4 heteroatoms. The van der Waals surface area contributed by atoms with Crippen LogP contribution in [0.4, 0.5) is 0 Å². The van der Waals surface area contributed by atoms with Crippen molar-refractivity contribution in [2.24, 2.45) is 0 Å². The minimum Gasteiger partial charge on any atom is -0.208 e. The summed E-state index contributed by atoms with van der Waals surface area (Å²) in [4.78, 5) is 15.8. The highest BCUT2D eigenvalue weighted by Gasteiger charge is 2.35. The second-order valence-corrected chi connectivity index (χ2v) is 15.9. The smallest absolute Gasteiger partial charge is 0.164 e. The average molecular weight is 753 g/mol. The zero-order chi connectivity index (χ0) is 39.7. The highest BCUT2D eigenvalue weighted by molar-refractivity contribution is 6.28. The van der Waals surface area contributed by atoms with Crippen molar-refractivity contribution in [2.45, 2.75) is 19.3 Å². The molecule has 0 N–H and O–H groups in total. The molecule has 0 unspecified atom stereocenters. The molecule has 0 saturated carbocycles. The van der Waals surface area contributed by atoms with Crippen LogP contribution in [-0.4, -0.2) is 15.0 Å². The molecule has 9 aromatic carbocycles. The SMILES string of the molecule is CC1(C)c2ccccc2-c2ccc(-c3cc(-c4nc(-c5ccccc5)nc(-c5ccc(-c6ccc(C#N)cc6)cc5)n4)c4c5ccccc5c5ccccc5c4c3)cc21. The molecule has 0 amide bonds. The number of hydrogen-bond acceptors (Lipinski definition) is 4. The standard InChI is InChI=1S/C55H36N4/c1-55(2)49-19-11-10-17-44(49)45-29-28-39(32-50(45)55)40-30-47-43-16-7-6-14-41(43)42-15-8-9-18-46(42)51(47)48(31-40)54-58-52(37-12-4-3-5-13-37)57-53(59-54)38-26-24-36(25-27-38)35-22-20-34(33-56)21-23-35/h3-32H,1-2H3. The van der Waals surface area contributed by atoms with Gasteiger partial charge in [-0.2, -0.15) is 5.26 Å². The lowest BCUT2D eigenvalue weighted by Crippen LogP contribution is -2.14. The van der Waals surface area contributed by atoms with E-state index in [1.165, 1.54) is 38.4 Å². The number of fused-ring (bicyclic) bond motifs is 9. The molecule has 11 rings (SSSR count). The second-order valence-electron chi connectivity index (χ2n) is 15.9. The van der Waals surface area contributed by atoms with Crippen molar-refractivity contribution in [1.82, 2.24) is 15.0 Å². The molecule has 0 bridgehead atoms. The Hall–Kier alpha value is -7.74. The number of rotatable bonds is 5. The topological polar surface area (TPSA) is 62.5 Å². The summed E-state index contributed by atoms with van der Waals surface area (Å²) in [5, 5.41) is 16.3. The molecule has 0 radical (unpaired) electrons. The lowest BCUT2D eigenvalue weighted by Gasteiger charge is -2.22. The molecular weight excluding hydrogens is 717 g/mol. The van der Waals surface area contributed by atoms with Gasteiger partial charge in [-0.05, 0) is 102 Å². The molecule has 4 nitrogen and oxygen atoms in total. The molecule has 276 valence electrons. The maximum atomic E-state index is 9.32. The van der Waals surface area contributed by atoms with Crippen molar-refractivity contribution in [3.05, 3.63) is 199 Å². The molecular formula is C55H36N4. The van der Waals surface area contributed by atoms with E-state index in [-0.39, 0.29) is 5.41 Å². The van der Waals surface area contributed by atoms with Crippen molar-refractivity contribution < 1.29 is 0 Å². The first-order chi connectivity index (χ1) is 28.9. The monoisotopic (exact) mass is 752 g/mol. The summed E-state index contributed by atoms with van der Waals surface area (Å²) in [6.07, 6.45) is 0. The summed E-state index contributed by atoms with van der Waals surface area (Å²) in [6.45, 7) is 4.67. The van der Waals surface area contributed by atoms with Crippen LogP contribution in [0.5, 0.6) is 0 Å². The maximum absolute atomic E-state index is 9.32. The minimum absolute atomic E-state index is 0.131. The molecule has 1 aliphatic carbocycles. The van der Waals surface area contributed by atoms with E-state index in [4.69, 9.17) is 15.0 Å². The summed E-state index contributed by atoms with van der Waals surface area (Å²) in [5.74, 6) is 1.83. The highest BCUT2D eigenvalue weighted by atomic mass is 15.0. The van der Waals surface area contributed by atoms with Crippen molar-refractivity contribution in [3.63, 3.8) is 0 Å². The van der Waals surface area contributed by atoms with Crippen LogP contribution >= 0.6 is 0 Å². The predicted octanol–water partition coefficient (Wildman–Crippen LogP) is 13.8. The molecule has 0 atom stereocenters. The van der Waals surface area contributed by atoms with Gasteiger partial charge in [0.2, 0.25) is 0 Å². The van der Waals surface area contributed by atoms with E-state index in [1.807, 2.05) is 42.5 Å². The molecule has 1 aromatic heterocycles. The van der Waals surface area contributed by atoms with Gasteiger partial charge >= 0.3 is 0 Å². The third-order valence-electron chi connectivity index (χ3n) is 12.2. The van der Waals surface area contributed by atoms with Crippen LogP contribution in [0.3, 0.4) is 0 Å². The Balaban J connectivity index is 1.17. The van der Waals surface area contributed by atoms with E-state index in [2.05, 4.69) is 159 Å². The van der Waals surface area contributed by atoms with Crippen molar-refractivity contribution in [3.8, 4) is 73.6 Å². The number of benzene rings is 9. The lowest BCUT2D eigenvalue weighted by molar-refractivity contribution is 0.660. The molecule has 0 fully saturated rings. The molecule has 0 saturated heterocycles. The molecule has 1 heterocycles. The zero-order valence-corrected chi connectivity index (χ0v) is 32.6. The molecule has 59 heavy (non-hydrogen) atoms. The fraction of sp³-hybridized carbons (Fsp3) is 0.0545. The van der Waals surface area contributed by atoms with Crippen LogP contribution < -0.4 is 0 Å². The van der Waals surface area contributed by atoms with Crippen molar-refractivity contribution >= 4 is 32.3 Å². The zero-order valence-electron chi connectivity index (χ0n) is 32.6. The largest absolute Gasteiger partial charge is 0.208 e. The van der Waals surface area contributed by atoms with Gasteiger partial charge in [0.15, 0.2) is 17.5 Å². The Morgan fingerprint density at radius 1 is 0.373 bits per heavy atom. The molecule has 0 aliphatic heterocycles. The quantitative estimate of drug-likeness (QED) is 0.164. The van der Waals surface area contributed by atoms with E-state index in [0.29, 0.717) is 23.0 Å². The van der Waals surface area contributed by atoms with Gasteiger partial charge in [-0.15, -0.1) is 0 Å². The van der Waals surface area contributed by atoms with E-state index in [9.17, 15) is 5.26 Å². The van der Waals surface area contributed by atoms with Crippen molar-refractivity contribution in [1.29, 1.82) is 5.26 Å². The van der Waals surface area contributed by atoms with E-state index >= 15 is 0 Å². The Labute approximate surface area is 342 Å². The third kappa shape index (κ3) is 5.62. The van der Waals surface area contributed by atoms with E-state index in [0.717, 1.165) is 55.1 Å². The van der Waals surface area contributed by atoms with Crippen LogP contribution in [0, 0.1) is 11.3 Å². The van der Waals surface area contributed by atoms with E-state index in [1.54, 1.807) is 0 Å². The van der Waals surface area contributed by atoms with E-state index < -0.39 is 0 Å². The minimum atomic E-state index is -0.131. The summed E-state index contributed by atoms with van der Waals surface area (Å²) < 4.78 is 0. The summed E-state index contributed by atoms with van der Waals surface area (Å²) in [6, 6.07) is 66.2. The van der Waals surface area contributed by atoms with Gasteiger partial charge in [-0.25, -0.2) is 15.0 Å². The summed E-state index contributed by atoms with van der Waals surface area (Å²) >= 11 is 0. The number of aromatic nitrogens is 3. The van der Waals surface area contributed by atoms with Gasteiger partial charge in [0, 0.05) is 27.5 Å². The van der Waals surface area contributed by atoms with Crippen molar-refractivity contribution in [2.75, 3.05) is 0 Å². The van der Waals surface area contributed by atoms with Gasteiger partial charge in [-0.3, -0.25) is 0 Å². The van der Waals surface area contributed by atoms with Gasteiger partial charge in [0.1, 0.15) is 0 Å². The van der Waals surface area contributed by atoms with Crippen LogP contribution in [-0.2, 0) is 5.41 Å². The molecule has 1 aliphatic rings. The number of nitriles is 1. The number of hydrogen-bond donors (Lipinski definition) is 0. The van der Waals surface area contributed by atoms with Crippen LogP contribution in [0.25, 0.3) is 99.9 Å². The lowest BCUT2D eigenvalue weighted by atomic mass is 9.81. The first-order valence-electron chi connectivity index (χ1n) is 20.0. The van der Waals surface area contributed by atoms with Crippen LogP contribution in [0.1, 0.15) is 30.5 Å². The van der Waals surface area contributed by atoms with Gasteiger partial charge in [0.05, 0.1) is 11.6 Å². The fourth-order valence-electron chi connectivity index (χ4n) is 9.15.